The molecule has 0 fully saturated rings. The van der Waals surface area contributed by atoms with Crippen LogP contribution in [0.5, 0.6) is 11.5 Å². The molecule has 1 aromatic heterocycles. The second-order valence-corrected chi connectivity index (χ2v) is 8.23. The SMILES string of the molecule is COc1ccc(OC)c(NC(=O)CSc2nnc3c4ccccc4c4ccccc4c3n2)c1. The number of benzene rings is 4. The van der Waals surface area contributed by atoms with E-state index < -0.39 is 0 Å². The molecule has 0 aliphatic rings. The maximum atomic E-state index is 12.6. The van der Waals surface area contributed by atoms with Crippen LogP contribution in [-0.2, 0) is 4.79 Å². The van der Waals surface area contributed by atoms with E-state index in [0.29, 0.717) is 22.3 Å². The molecule has 0 bridgehead atoms. The van der Waals surface area contributed by atoms with Crippen LogP contribution in [-0.4, -0.2) is 41.1 Å². The number of amides is 1. The first kappa shape index (κ1) is 21.0. The fourth-order valence-corrected chi connectivity index (χ4v) is 4.41. The van der Waals surface area contributed by atoms with E-state index in [2.05, 4.69) is 27.6 Å². The number of carbonyl (C=O) groups excluding carboxylic acids is 1. The first-order chi connectivity index (χ1) is 16.2. The molecule has 0 spiro atoms. The minimum atomic E-state index is -0.210. The third-order valence-corrected chi connectivity index (χ3v) is 6.17. The van der Waals surface area contributed by atoms with Crippen molar-refractivity contribution in [3.63, 3.8) is 0 Å². The number of nitrogens with one attached hydrogen (secondary N) is 1. The van der Waals surface area contributed by atoms with E-state index >= 15 is 0 Å². The van der Waals surface area contributed by atoms with Gasteiger partial charge in [-0.05, 0) is 22.9 Å². The summed E-state index contributed by atoms with van der Waals surface area (Å²) in [5.41, 5.74) is 2.06. The van der Waals surface area contributed by atoms with Crippen molar-refractivity contribution in [3.8, 4) is 11.5 Å². The highest BCUT2D eigenvalue weighted by Crippen LogP contribution is 2.33. The van der Waals surface area contributed by atoms with Crippen LogP contribution < -0.4 is 14.8 Å². The Kier molecular flexibility index (Phi) is 5.66. The van der Waals surface area contributed by atoms with Crippen LogP contribution in [0.25, 0.3) is 32.6 Å². The van der Waals surface area contributed by atoms with Crippen LogP contribution in [0.15, 0.2) is 71.9 Å². The monoisotopic (exact) mass is 456 g/mol. The Morgan fingerprint density at radius 1 is 0.848 bits per heavy atom. The average molecular weight is 457 g/mol. The second-order valence-electron chi connectivity index (χ2n) is 7.29. The van der Waals surface area contributed by atoms with Gasteiger partial charge in [0.1, 0.15) is 22.5 Å². The van der Waals surface area contributed by atoms with Crippen molar-refractivity contribution in [2.45, 2.75) is 5.16 Å². The molecular formula is C25H20N4O3S. The summed E-state index contributed by atoms with van der Waals surface area (Å²) < 4.78 is 10.6. The highest BCUT2D eigenvalue weighted by molar-refractivity contribution is 7.99. The zero-order valence-electron chi connectivity index (χ0n) is 18.0. The number of anilines is 1. The Labute approximate surface area is 194 Å². The standard InChI is InChI=1S/C25H20N4O3S/c1-31-15-11-12-21(32-2)20(13-15)26-22(30)14-33-25-27-23-18-9-5-3-7-16(18)17-8-4-6-10-19(17)24(23)28-29-25/h3-13H,14H2,1-2H3,(H,26,30). The van der Waals surface area contributed by atoms with Gasteiger partial charge in [0.05, 0.1) is 25.7 Å². The van der Waals surface area contributed by atoms with Gasteiger partial charge in [-0.15, -0.1) is 10.2 Å². The van der Waals surface area contributed by atoms with Crippen molar-refractivity contribution >= 4 is 55.9 Å². The van der Waals surface area contributed by atoms with E-state index in [9.17, 15) is 4.79 Å². The topological polar surface area (TPSA) is 86.2 Å². The minimum Gasteiger partial charge on any atom is -0.497 e. The Morgan fingerprint density at radius 2 is 1.52 bits per heavy atom. The average Bonchev–Trinajstić information content (AvgIpc) is 2.87. The molecule has 33 heavy (non-hydrogen) atoms. The number of fused-ring (bicyclic) bond motifs is 6. The molecule has 1 heterocycles. The van der Waals surface area contributed by atoms with Gasteiger partial charge in [-0.2, -0.15) is 0 Å². The largest absolute Gasteiger partial charge is 0.497 e. The number of nitrogens with zero attached hydrogens (tertiary/aromatic N) is 3. The number of aromatic nitrogens is 3. The summed E-state index contributed by atoms with van der Waals surface area (Å²) >= 11 is 1.23. The quantitative estimate of drug-likeness (QED) is 0.282. The van der Waals surface area contributed by atoms with Gasteiger partial charge in [-0.1, -0.05) is 60.3 Å². The molecule has 5 aromatic rings. The van der Waals surface area contributed by atoms with Crippen molar-refractivity contribution < 1.29 is 14.3 Å². The molecule has 0 unspecified atom stereocenters. The van der Waals surface area contributed by atoms with Gasteiger partial charge in [0.15, 0.2) is 0 Å². The number of carbonyl (C=O) groups is 1. The van der Waals surface area contributed by atoms with Crippen LogP contribution in [0.1, 0.15) is 0 Å². The van der Waals surface area contributed by atoms with Crippen molar-refractivity contribution in [3.05, 3.63) is 66.7 Å². The molecule has 8 heteroatoms. The molecule has 0 aliphatic heterocycles. The molecule has 1 amide bonds. The summed E-state index contributed by atoms with van der Waals surface area (Å²) in [6, 6.07) is 21.5. The smallest absolute Gasteiger partial charge is 0.234 e. The molecular weight excluding hydrogens is 436 g/mol. The summed E-state index contributed by atoms with van der Waals surface area (Å²) in [6.45, 7) is 0. The number of thioether (sulfide) groups is 1. The van der Waals surface area contributed by atoms with E-state index in [4.69, 9.17) is 14.5 Å². The maximum Gasteiger partial charge on any atom is 0.234 e. The summed E-state index contributed by atoms with van der Waals surface area (Å²) in [7, 11) is 3.12. The number of methoxy groups -OCH3 is 2. The molecule has 5 rings (SSSR count). The van der Waals surface area contributed by atoms with E-state index in [0.717, 1.165) is 32.6 Å². The van der Waals surface area contributed by atoms with E-state index in [1.807, 2.05) is 36.4 Å². The first-order valence-corrected chi connectivity index (χ1v) is 11.2. The Bertz CT molecular complexity index is 1470. The Hall–Kier alpha value is -3.91. The minimum absolute atomic E-state index is 0.124. The van der Waals surface area contributed by atoms with Gasteiger partial charge in [-0.3, -0.25) is 4.79 Å². The third-order valence-electron chi connectivity index (χ3n) is 5.33. The zero-order valence-corrected chi connectivity index (χ0v) is 18.8. The summed E-state index contributed by atoms with van der Waals surface area (Å²) in [6.07, 6.45) is 0. The molecule has 164 valence electrons. The predicted octanol–water partition coefficient (Wildman–Crippen LogP) is 5.08. The lowest BCUT2D eigenvalue weighted by atomic mass is 10.00. The molecule has 4 aromatic carbocycles. The third kappa shape index (κ3) is 4.01. The highest BCUT2D eigenvalue weighted by atomic mass is 32.2. The fourth-order valence-electron chi connectivity index (χ4n) is 3.82. The lowest BCUT2D eigenvalue weighted by Crippen LogP contribution is -2.15. The molecule has 0 aliphatic carbocycles. The van der Waals surface area contributed by atoms with Crippen LogP contribution in [0.4, 0.5) is 5.69 Å². The van der Waals surface area contributed by atoms with Crippen molar-refractivity contribution in [2.75, 3.05) is 25.3 Å². The Balaban J connectivity index is 1.43. The fraction of sp³-hybridized carbons (Fsp3) is 0.120. The maximum absolute atomic E-state index is 12.6. The zero-order chi connectivity index (χ0) is 22.8. The van der Waals surface area contributed by atoms with Gasteiger partial charge in [0.2, 0.25) is 11.1 Å². The van der Waals surface area contributed by atoms with Crippen LogP contribution >= 0.6 is 11.8 Å². The summed E-state index contributed by atoms with van der Waals surface area (Å²) in [5, 5.41) is 16.3. The highest BCUT2D eigenvalue weighted by Gasteiger charge is 2.14. The molecule has 7 nitrogen and oxygen atoms in total. The number of hydrogen-bond donors (Lipinski definition) is 1. The van der Waals surface area contributed by atoms with Gasteiger partial charge in [-0.25, -0.2) is 4.98 Å². The summed E-state index contributed by atoms with van der Waals surface area (Å²) in [5.74, 6) is 1.09. The van der Waals surface area contributed by atoms with Crippen LogP contribution in [0, 0.1) is 0 Å². The van der Waals surface area contributed by atoms with Gasteiger partial charge < -0.3 is 14.8 Å². The Morgan fingerprint density at radius 3 is 2.18 bits per heavy atom. The lowest BCUT2D eigenvalue weighted by Gasteiger charge is -2.11. The first-order valence-electron chi connectivity index (χ1n) is 10.3. The van der Waals surface area contributed by atoms with Crippen molar-refractivity contribution in [2.24, 2.45) is 0 Å². The molecule has 0 saturated heterocycles. The lowest BCUT2D eigenvalue weighted by molar-refractivity contribution is -0.113. The van der Waals surface area contributed by atoms with Crippen LogP contribution in [0.3, 0.4) is 0 Å². The second kappa shape index (κ2) is 8.91. The van der Waals surface area contributed by atoms with E-state index in [-0.39, 0.29) is 11.7 Å². The number of rotatable bonds is 6. The molecule has 0 atom stereocenters. The van der Waals surface area contributed by atoms with Gasteiger partial charge >= 0.3 is 0 Å². The van der Waals surface area contributed by atoms with Gasteiger partial charge in [0, 0.05) is 16.8 Å². The number of hydrogen-bond acceptors (Lipinski definition) is 7. The van der Waals surface area contributed by atoms with Crippen LogP contribution in [0.2, 0.25) is 0 Å². The molecule has 0 radical (unpaired) electrons. The summed E-state index contributed by atoms with van der Waals surface area (Å²) in [4.78, 5) is 17.4. The predicted molar refractivity (Wildman–Crippen MR) is 131 cm³/mol. The van der Waals surface area contributed by atoms with E-state index in [1.165, 1.54) is 11.8 Å². The molecule has 1 N–H and O–H groups in total. The van der Waals surface area contributed by atoms with E-state index in [1.54, 1.807) is 32.4 Å². The van der Waals surface area contributed by atoms with Crippen molar-refractivity contribution in [1.29, 1.82) is 0 Å². The normalized spacial score (nSPS) is 11.1. The molecule has 0 saturated carbocycles. The van der Waals surface area contributed by atoms with Crippen molar-refractivity contribution in [1.82, 2.24) is 15.2 Å². The number of ether oxygens (including phenoxy) is 2. The van der Waals surface area contributed by atoms with Gasteiger partial charge in [0.25, 0.3) is 0 Å².